The molecule has 0 bridgehead atoms. The van der Waals surface area contributed by atoms with E-state index in [-0.39, 0.29) is 0 Å². The number of piperidine rings is 1. The Balaban J connectivity index is 2.20. The van der Waals surface area contributed by atoms with Crippen molar-refractivity contribution in [3.8, 4) is 0 Å². The normalized spacial score (nSPS) is 19.4. The van der Waals surface area contributed by atoms with Crippen LogP contribution in [-0.4, -0.2) is 27.2 Å². The number of nitrogens with zero attached hydrogens (tertiary/aromatic N) is 1. The zero-order valence-corrected chi connectivity index (χ0v) is 10.6. The molecule has 1 N–H and O–H groups in total. The van der Waals surface area contributed by atoms with E-state index in [2.05, 4.69) is 55.5 Å². The first-order valence-electron chi connectivity index (χ1n) is 6.10. The molecule has 0 atom stereocenters. The zero-order chi connectivity index (χ0) is 11.6. The van der Waals surface area contributed by atoms with E-state index in [0.29, 0.717) is 5.41 Å². The lowest BCUT2D eigenvalue weighted by Gasteiger charge is -2.34. The first kappa shape index (κ1) is 11.5. The average Bonchev–Trinajstić information content (AvgIpc) is 2.30. The highest BCUT2D eigenvalue weighted by Crippen LogP contribution is 2.33. The Morgan fingerprint density at radius 3 is 2.12 bits per heavy atom. The highest BCUT2D eigenvalue weighted by atomic mass is 15.1. The Morgan fingerprint density at radius 2 is 1.62 bits per heavy atom. The van der Waals surface area contributed by atoms with Crippen LogP contribution in [0.25, 0.3) is 0 Å². The maximum atomic E-state index is 3.43. The van der Waals surface area contributed by atoms with Crippen molar-refractivity contribution in [1.29, 1.82) is 0 Å². The van der Waals surface area contributed by atoms with Crippen LogP contribution in [0.2, 0.25) is 0 Å². The van der Waals surface area contributed by atoms with E-state index in [1.54, 1.807) is 0 Å². The van der Waals surface area contributed by atoms with Gasteiger partial charge in [-0.3, -0.25) is 0 Å². The molecular formula is C14H22N2. The Labute approximate surface area is 98.7 Å². The van der Waals surface area contributed by atoms with Crippen LogP contribution in [0.1, 0.15) is 25.3 Å². The molecule has 1 heterocycles. The summed E-state index contributed by atoms with van der Waals surface area (Å²) in [6.07, 6.45) is 2.49. The van der Waals surface area contributed by atoms with Gasteiger partial charge in [-0.15, -0.1) is 0 Å². The van der Waals surface area contributed by atoms with Crippen LogP contribution < -0.4 is 10.2 Å². The van der Waals surface area contributed by atoms with Gasteiger partial charge in [-0.1, -0.05) is 19.1 Å². The third kappa shape index (κ3) is 2.22. The van der Waals surface area contributed by atoms with Gasteiger partial charge in [0.1, 0.15) is 0 Å². The monoisotopic (exact) mass is 218 g/mol. The van der Waals surface area contributed by atoms with E-state index in [0.717, 1.165) is 13.1 Å². The van der Waals surface area contributed by atoms with Gasteiger partial charge >= 0.3 is 0 Å². The summed E-state index contributed by atoms with van der Waals surface area (Å²) in [6.45, 7) is 4.68. The molecule has 0 amide bonds. The summed E-state index contributed by atoms with van der Waals surface area (Å²) < 4.78 is 0. The van der Waals surface area contributed by atoms with E-state index in [1.807, 2.05) is 0 Å². The van der Waals surface area contributed by atoms with Gasteiger partial charge in [0.2, 0.25) is 0 Å². The molecular weight excluding hydrogens is 196 g/mol. The predicted molar refractivity (Wildman–Crippen MR) is 70.2 cm³/mol. The highest BCUT2D eigenvalue weighted by molar-refractivity contribution is 5.47. The fourth-order valence-corrected chi connectivity index (χ4v) is 2.43. The van der Waals surface area contributed by atoms with Crippen LogP contribution >= 0.6 is 0 Å². The molecule has 1 saturated heterocycles. The molecule has 16 heavy (non-hydrogen) atoms. The van der Waals surface area contributed by atoms with Crippen molar-refractivity contribution in [3.05, 3.63) is 29.8 Å². The number of nitrogens with one attached hydrogen (secondary N) is 1. The van der Waals surface area contributed by atoms with Gasteiger partial charge in [0.25, 0.3) is 0 Å². The molecule has 2 heteroatoms. The summed E-state index contributed by atoms with van der Waals surface area (Å²) in [4.78, 5) is 2.15. The van der Waals surface area contributed by atoms with Gasteiger partial charge in [0, 0.05) is 19.8 Å². The number of hydrogen-bond acceptors (Lipinski definition) is 2. The highest BCUT2D eigenvalue weighted by Gasteiger charge is 2.28. The van der Waals surface area contributed by atoms with Crippen molar-refractivity contribution >= 4 is 5.69 Å². The standard InChI is InChI=1S/C14H22N2/c1-14(8-10-15-11-9-14)12-4-6-13(7-5-12)16(2)3/h4-7,15H,8-11H2,1-3H3. The number of benzene rings is 1. The summed E-state index contributed by atoms with van der Waals surface area (Å²) in [5, 5.41) is 3.43. The number of hydrogen-bond donors (Lipinski definition) is 1. The second-order valence-electron chi connectivity index (χ2n) is 5.25. The third-order valence-electron chi connectivity index (χ3n) is 3.79. The quantitative estimate of drug-likeness (QED) is 0.820. The molecule has 1 fully saturated rings. The van der Waals surface area contributed by atoms with Crippen LogP contribution in [0.4, 0.5) is 5.69 Å². The molecule has 0 spiro atoms. The zero-order valence-electron chi connectivity index (χ0n) is 10.6. The van der Waals surface area contributed by atoms with E-state index in [1.165, 1.54) is 24.1 Å². The summed E-state index contributed by atoms with van der Waals surface area (Å²) in [6, 6.07) is 9.03. The lowest BCUT2D eigenvalue weighted by molar-refractivity contribution is 0.335. The summed E-state index contributed by atoms with van der Waals surface area (Å²) >= 11 is 0. The van der Waals surface area contributed by atoms with E-state index >= 15 is 0 Å². The second kappa shape index (κ2) is 4.46. The Morgan fingerprint density at radius 1 is 1.06 bits per heavy atom. The molecule has 0 radical (unpaired) electrons. The average molecular weight is 218 g/mol. The van der Waals surface area contributed by atoms with Crippen molar-refractivity contribution in [2.24, 2.45) is 0 Å². The predicted octanol–water partition coefficient (Wildman–Crippen LogP) is 2.39. The molecule has 1 aromatic carbocycles. The third-order valence-corrected chi connectivity index (χ3v) is 3.79. The van der Waals surface area contributed by atoms with Crippen molar-refractivity contribution in [1.82, 2.24) is 5.32 Å². The topological polar surface area (TPSA) is 15.3 Å². The molecule has 2 nitrogen and oxygen atoms in total. The molecule has 1 aliphatic heterocycles. The minimum atomic E-state index is 0.371. The molecule has 0 unspecified atom stereocenters. The summed E-state index contributed by atoms with van der Waals surface area (Å²) in [5.41, 5.74) is 3.14. The van der Waals surface area contributed by atoms with Crippen LogP contribution in [0.3, 0.4) is 0 Å². The largest absolute Gasteiger partial charge is 0.378 e. The van der Waals surface area contributed by atoms with E-state index < -0.39 is 0 Å². The van der Waals surface area contributed by atoms with E-state index in [4.69, 9.17) is 0 Å². The van der Waals surface area contributed by atoms with Gasteiger partial charge < -0.3 is 10.2 Å². The first-order chi connectivity index (χ1) is 7.62. The van der Waals surface area contributed by atoms with E-state index in [9.17, 15) is 0 Å². The fourth-order valence-electron chi connectivity index (χ4n) is 2.43. The molecule has 0 saturated carbocycles. The smallest absolute Gasteiger partial charge is 0.0361 e. The molecule has 2 rings (SSSR count). The van der Waals surface area contributed by atoms with Crippen LogP contribution in [0.5, 0.6) is 0 Å². The van der Waals surface area contributed by atoms with Crippen LogP contribution in [-0.2, 0) is 5.41 Å². The van der Waals surface area contributed by atoms with Gasteiger partial charge in [-0.05, 0) is 49.0 Å². The summed E-state index contributed by atoms with van der Waals surface area (Å²) in [7, 11) is 4.17. The van der Waals surface area contributed by atoms with Gasteiger partial charge in [-0.2, -0.15) is 0 Å². The number of rotatable bonds is 2. The SMILES string of the molecule is CN(C)c1ccc(C2(C)CCNCC2)cc1. The molecule has 0 aromatic heterocycles. The lowest BCUT2D eigenvalue weighted by Crippen LogP contribution is -2.37. The number of anilines is 1. The minimum absolute atomic E-state index is 0.371. The molecule has 0 aliphatic carbocycles. The summed E-state index contributed by atoms with van der Waals surface area (Å²) in [5.74, 6) is 0. The maximum absolute atomic E-state index is 3.43. The van der Waals surface area contributed by atoms with Crippen molar-refractivity contribution in [2.75, 3.05) is 32.1 Å². The molecule has 1 aliphatic rings. The Kier molecular flexibility index (Phi) is 3.20. The Bertz CT molecular complexity index is 334. The lowest BCUT2D eigenvalue weighted by atomic mass is 9.75. The minimum Gasteiger partial charge on any atom is -0.378 e. The van der Waals surface area contributed by atoms with Crippen LogP contribution in [0.15, 0.2) is 24.3 Å². The maximum Gasteiger partial charge on any atom is 0.0361 e. The fraction of sp³-hybridized carbons (Fsp3) is 0.571. The molecule has 88 valence electrons. The molecule has 1 aromatic rings. The second-order valence-corrected chi connectivity index (χ2v) is 5.25. The Hall–Kier alpha value is -1.02. The van der Waals surface area contributed by atoms with Crippen molar-refractivity contribution in [3.63, 3.8) is 0 Å². The van der Waals surface area contributed by atoms with Gasteiger partial charge in [-0.25, -0.2) is 0 Å². The van der Waals surface area contributed by atoms with Crippen molar-refractivity contribution in [2.45, 2.75) is 25.2 Å². The van der Waals surface area contributed by atoms with Gasteiger partial charge in [0.15, 0.2) is 0 Å². The van der Waals surface area contributed by atoms with Crippen LogP contribution in [0, 0.1) is 0 Å². The van der Waals surface area contributed by atoms with Crippen molar-refractivity contribution < 1.29 is 0 Å². The van der Waals surface area contributed by atoms with Gasteiger partial charge in [0.05, 0.1) is 0 Å². The first-order valence-corrected chi connectivity index (χ1v) is 6.10.